The van der Waals surface area contributed by atoms with Gasteiger partial charge in [0.25, 0.3) is 5.91 Å². The summed E-state index contributed by atoms with van der Waals surface area (Å²) in [6.45, 7) is 2.89. The molecule has 0 radical (unpaired) electrons. The topological polar surface area (TPSA) is 95.6 Å². The Kier molecular flexibility index (Phi) is 7.10. The Labute approximate surface area is 180 Å². The molecule has 0 bridgehead atoms. The lowest BCUT2D eigenvalue weighted by Gasteiger charge is -2.32. The van der Waals surface area contributed by atoms with Gasteiger partial charge in [0.05, 0.1) is 24.8 Å². The molecule has 160 valence electrons. The fourth-order valence-electron chi connectivity index (χ4n) is 3.46. The smallest absolute Gasteiger partial charge is 0.310 e. The van der Waals surface area contributed by atoms with Crippen molar-refractivity contribution in [1.82, 2.24) is 20.0 Å². The molecule has 0 spiro atoms. The van der Waals surface area contributed by atoms with Crippen LogP contribution in [-0.4, -0.2) is 71.1 Å². The first-order valence-corrected chi connectivity index (χ1v) is 10.3. The van der Waals surface area contributed by atoms with Gasteiger partial charge in [-0.2, -0.15) is 5.10 Å². The highest BCUT2D eigenvalue weighted by Crippen LogP contribution is 2.22. The molecule has 1 unspecified atom stereocenters. The zero-order chi connectivity index (χ0) is 21.7. The molecule has 1 aliphatic rings. The summed E-state index contributed by atoms with van der Waals surface area (Å²) in [6.07, 6.45) is 1.44. The van der Waals surface area contributed by atoms with Gasteiger partial charge in [-0.05, 0) is 38.0 Å². The van der Waals surface area contributed by atoms with Crippen molar-refractivity contribution < 1.29 is 19.1 Å². The van der Waals surface area contributed by atoms with E-state index in [1.807, 2.05) is 6.07 Å². The molecule has 1 saturated heterocycles. The van der Waals surface area contributed by atoms with Crippen LogP contribution in [0.1, 0.15) is 30.3 Å². The Hall–Kier alpha value is -2.87. The van der Waals surface area contributed by atoms with Crippen molar-refractivity contribution in [1.29, 1.82) is 0 Å². The lowest BCUT2D eigenvalue weighted by atomic mass is 9.98. The fourth-order valence-corrected chi connectivity index (χ4v) is 3.65. The first kappa shape index (κ1) is 21.8. The molecular formula is C21H25ClN4O4. The molecule has 1 N–H and O–H groups in total. The summed E-state index contributed by atoms with van der Waals surface area (Å²) in [7, 11) is 1.56. The van der Waals surface area contributed by atoms with Crippen molar-refractivity contribution in [2.75, 3.05) is 33.3 Å². The van der Waals surface area contributed by atoms with E-state index in [1.54, 1.807) is 43.1 Å². The van der Waals surface area contributed by atoms with Gasteiger partial charge in [0.2, 0.25) is 5.91 Å². The SMILES string of the molecule is CCOC(=O)C1CCCN(C(=O)CN(C)C(=O)c2cc(-c3cccc(Cl)c3)n[nH]2)C1. The first-order chi connectivity index (χ1) is 14.4. The molecule has 3 rings (SSSR count). The number of carbonyl (C=O) groups is 3. The van der Waals surface area contributed by atoms with E-state index in [-0.39, 0.29) is 35.9 Å². The van der Waals surface area contributed by atoms with Gasteiger partial charge in [-0.25, -0.2) is 0 Å². The van der Waals surface area contributed by atoms with Crippen LogP contribution >= 0.6 is 11.6 Å². The van der Waals surface area contributed by atoms with Crippen LogP contribution < -0.4 is 0 Å². The summed E-state index contributed by atoms with van der Waals surface area (Å²) >= 11 is 6.01. The second-order valence-corrected chi connectivity index (χ2v) is 7.71. The predicted octanol–water partition coefficient (Wildman–Crippen LogP) is 2.60. The molecule has 1 aromatic heterocycles. The maximum atomic E-state index is 12.7. The maximum absolute atomic E-state index is 12.7. The Morgan fingerprint density at radius 2 is 2.13 bits per heavy atom. The summed E-state index contributed by atoms with van der Waals surface area (Å²) in [5, 5.41) is 7.47. The number of aromatic amines is 1. The molecule has 2 heterocycles. The van der Waals surface area contributed by atoms with Crippen molar-refractivity contribution in [2.24, 2.45) is 5.92 Å². The van der Waals surface area contributed by atoms with Gasteiger partial charge in [-0.15, -0.1) is 0 Å². The van der Waals surface area contributed by atoms with E-state index in [9.17, 15) is 14.4 Å². The zero-order valence-electron chi connectivity index (χ0n) is 17.1. The number of hydrogen-bond donors (Lipinski definition) is 1. The number of esters is 1. The summed E-state index contributed by atoms with van der Waals surface area (Å²) in [5.41, 5.74) is 1.66. The normalized spacial score (nSPS) is 16.2. The van der Waals surface area contributed by atoms with Crippen molar-refractivity contribution >= 4 is 29.4 Å². The third kappa shape index (κ3) is 5.18. The number of hydrogen-bond acceptors (Lipinski definition) is 5. The summed E-state index contributed by atoms with van der Waals surface area (Å²) < 4.78 is 5.07. The highest BCUT2D eigenvalue weighted by molar-refractivity contribution is 6.30. The molecule has 1 atom stereocenters. The molecule has 0 saturated carbocycles. The number of amides is 2. The third-order valence-electron chi connectivity index (χ3n) is 5.04. The lowest BCUT2D eigenvalue weighted by molar-refractivity contribution is -0.151. The number of likely N-dealkylation sites (tertiary alicyclic amines) is 1. The molecular weight excluding hydrogens is 408 g/mol. The van der Waals surface area contributed by atoms with Gasteiger partial charge in [0.1, 0.15) is 5.69 Å². The van der Waals surface area contributed by atoms with E-state index >= 15 is 0 Å². The average molecular weight is 433 g/mol. The number of benzene rings is 1. The summed E-state index contributed by atoms with van der Waals surface area (Å²) in [6, 6.07) is 8.80. The van der Waals surface area contributed by atoms with Crippen LogP contribution in [0.5, 0.6) is 0 Å². The highest BCUT2D eigenvalue weighted by atomic mass is 35.5. The third-order valence-corrected chi connectivity index (χ3v) is 5.28. The van der Waals surface area contributed by atoms with E-state index < -0.39 is 0 Å². The zero-order valence-corrected chi connectivity index (χ0v) is 17.8. The number of halogens is 1. The standard InChI is InChI=1S/C21H25ClN4O4/c1-3-30-21(29)15-7-5-9-26(12-15)19(27)13-25(2)20(28)18-11-17(23-24-18)14-6-4-8-16(22)10-14/h4,6,8,10-11,15H,3,5,7,9,12-13H2,1-2H3,(H,23,24). The van der Waals surface area contributed by atoms with Crippen LogP contribution in [-0.2, 0) is 14.3 Å². The maximum Gasteiger partial charge on any atom is 0.310 e. The van der Waals surface area contributed by atoms with Gasteiger partial charge in [-0.3, -0.25) is 19.5 Å². The number of nitrogens with one attached hydrogen (secondary N) is 1. The Morgan fingerprint density at radius 3 is 2.87 bits per heavy atom. The van der Waals surface area contributed by atoms with E-state index in [2.05, 4.69) is 10.2 Å². The number of nitrogens with zero attached hydrogens (tertiary/aromatic N) is 3. The second-order valence-electron chi connectivity index (χ2n) is 7.27. The Morgan fingerprint density at radius 1 is 1.33 bits per heavy atom. The van der Waals surface area contributed by atoms with Crippen molar-refractivity contribution in [3.63, 3.8) is 0 Å². The number of rotatable bonds is 6. The minimum absolute atomic E-state index is 0.0834. The Bertz CT molecular complexity index is 929. The second kappa shape index (κ2) is 9.75. The van der Waals surface area contributed by atoms with E-state index in [4.69, 9.17) is 16.3 Å². The van der Waals surface area contributed by atoms with Crippen molar-refractivity contribution in [2.45, 2.75) is 19.8 Å². The number of piperidine rings is 1. The van der Waals surface area contributed by atoms with Gasteiger partial charge < -0.3 is 14.5 Å². The van der Waals surface area contributed by atoms with E-state index in [0.29, 0.717) is 36.8 Å². The fraction of sp³-hybridized carbons (Fsp3) is 0.429. The van der Waals surface area contributed by atoms with Gasteiger partial charge >= 0.3 is 5.97 Å². The number of carbonyl (C=O) groups excluding carboxylic acids is 3. The molecule has 1 aliphatic heterocycles. The van der Waals surface area contributed by atoms with Crippen LogP contribution in [0.15, 0.2) is 30.3 Å². The number of H-pyrrole nitrogens is 1. The number of likely N-dealkylation sites (N-methyl/N-ethyl adjacent to an activating group) is 1. The van der Waals surface area contributed by atoms with Crippen LogP contribution in [0.2, 0.25) is 5.02 Å². The molecule has 0 aliphatic carbocycles. The monoisotopic (exact) mass is 432 g/mol. The number of aromatic nitrogens is 2. The lowest BCUT2D eigenvalue weighted by Crippen LogP contribution is -2.47. The van der Waals surface area contributed by atoms with E-state index in [1.165, 1.54) is 4.90 Å². The van der Waals surface area contributed by atoms with Crippen LogP contribution in [0.4, 0.5) is 0 Å². The Balaban J connectivity index is 1.60. The highest BCUT2D eigenvalue weighted by Gasteiger charge is 2.30. The van der Waals surface area contributed by atoms with Crippen LogP contribution in [0, 0.1) is 5.92 Å². The van der Waals surface area contributed by atoms with Crippen molar-refractivity contribution in [3.8, 4) is 11.3 Å². The van der Waals surface area contributed by atoms with E-state index in [0.717, 1.165) is 12.0 Å². The minimum atomic E-state index is -0.344. The molecule has 1 fully saturated rings. The number of ether oxygens (including phenoxy) is 1. The van der Waals surface area contributed by atoms with Crippen molar-refractivity contribution in [3.05, 3.63) is 41.0 Å². The minimum Gasteiger partial charge on any atom is -0.466 e. The summed E-state index contributed by atoms with van der Waals surface area (Å²) in [4.78, 5) is 40.3. The van der Waals surface area contributed by atoms with Gasteiger partial charge in [0.15, 0.2) is 0 Å². The molecule has 30 heavy (non-hydrogen) atoms. The van der Waals surface area contributed by atoms with Gasteiger partial charge in [-0.1, -0.05) is 23.7 Å². The quantitative estimate of drug-likeness (QED) is 0.708. The van der Waals surface area contributed by atoms with Crippen LogP contribution in [0.25, 0.3) is 11.3 Å². The molecule has 1 aromatic carbocycles. The van der Waals surface area contributed by atoms with Crippen LogP contribution in [0.3, 0.4) is 0 Å². The largest absolute Gasteiger partial charge is 0.466 e. The van der Waals surface area contributed by atoms with Gasteiger partial charge in [0, 0.05) is 30.7 Å². The predicted molar refractivity (Wildman–Crippen MR) is 112 cm³/mol. The first-order valence-electron chi connectivity index (χ1n) is 9.90. The average Bonchev–Trinajstić information content (AvgIpc) is 3.23. The summed E-state index contributed by atoms with van der Waals surface area (Å²) in [5.74, 6) is -1.13. The molecule has 2 aromatic rings. The molecule has 8 nitrogen and oxygen atoms in total. The molecule has 9 heteroatoms. The molecule has 2 amide bonds.